The third-order valence-electron chi connectivity index (χ3n) is 12.2. The van der Waals surface area contributed by atoms with Crippen LogP contribution in [0.2, 0.25) is 5.04 Å². The van der Waals surface area contributed by atoms with Crippen LogP contribution in [0.1, 0.15) is 121 Å². The summed E-state index contributed by atoms with van der Waals surface area (Å²) in [4.78, 5) is 0.644. The van der Waals surface area contributed by atoms with E-state index in [4.69, 9.17) is 4.43 Å². The Morgan fingerprint density at radius 1 is 0.485 bits per heavy atom. The van der Waals surface area contributed by atoms with E-state index in [1.165, 1.54) is 21.5 Å². The second kappa shape index (κ2) is 25.5. The fourth-order valence-electron chi connectivity index (χ4n) is 8.54. The number of hydrogen-bond donors (Lipinski definition) is 0. The fourth-order valence-corrected chi connectivity index (χ4v) is 16.6. The van der Waals surface area contributed by atoms with Crippen LogP contribution >= 0.6 is 0 Å². The molecule has 0 heterocycles. The molecule has 4 aromatic rings. The summed E-state index contributed by atoms with van der Waals surface area (Å²) in [5, 5.41) is 1.01. The van der Waals surface area contributed by atoms with Crippen molar-refractivity contribution in [1.82, 2.24) is 0 Å². The van der Waals surface area contributed by atoms with Crippen LogP contribution in [0.3, 0.4) is 0 Å². The summed E-state index contributed by atoms with van der Waals surface area (Å²) in [5.74, 6) is 0. The largest absolute Gasteiger partial charge is 0.404 e. The van der Waals surface area contributed by atoms with Crippen molar-refractivity contribution >= 4 is 38.4 Å². The molecule has 0 aliphatic rings. The van der Waals surface area contributed by atoms with Gasteiger partial charge in [-0.2, -0.15) is 0 Å². The summed E-state index contributed by atoms with van der Waals surface area (Å²) in [6, 6.07) is 38.8. The third kappa shape index (κ3) is 15.8. The number of allylic oxidation sites excluding steroid dienone is 9. The zero-order valence-corrected chi connectivity index (χ0v) is 44.0. The average Bonchev–Trinajstić information content (AvgIpc) is 3.28. The van der Waals surface area contributed by atoms with Crippen LogP contribution in [-0.4, -0.2) is 42.3 Å². The second-order valence-electron chi connectivity index (χ2n) is 19.3. The lowest BCUT2D eigenvalue weighted by molar-refractivity contribution is 0.338. The molecule has 2 atom stereocenters. The van der Waals surface area contributed by atoms with E-state index in [1.807, 2.05) is 52.0 Å². The maximum Gasteiger partial charge on any atom is 0.261 e. The van der Waals surface area contributed by atoms with Gasteiger partial charge in [0.1, 0.15) is 0 Å². The molecule has 8 heteroatoms. The molecule has 0 aliphatic carbocycles. The van der Waals surface area contributed by atoms with E-state index in [1.54, 1.807) is 48.5 Å². The molecule has 5 nitrogen and oxygen atoms in total. The van der Waals surface area contributed by atoms with Crippen molar-refractivity contribution < 1.29 is 21.3 Å². The predicted octanol–water partition coefficient (Wildman–Crippen LogP) is 14.1. The molecule has 0 aliphatic heterocycles. The first-order valence-corrected chi connectivity index (χ1v) is 28.5. The summed E-state index contributed by atoms with van der Waals surface area (Å²) < 4.78 is 63.3. The molecule has 0 amide bonds. The highest BCUT2D eigenvalue weighted by atomic mass is 32.2. The molecule has 0 fully saturated rings. The highest BCUT2D eigenvalue weighted by molar-refractivity contribution is 7.92. The summed E-state index contributed by atoms with van der Waals surface area (Å²) in [7, 11) is -9.93. The van der Waals surface area contributed by atoms with Crippen LogP contribution in [0, 0.1) is 0 Å². The van der Waals surface area contributed by atoms with Crippen molar-refractivity contribution in [1.29, 1.82) is 0 Å². The topological polar surface area (TPSA) is 77.5 Å². The first-order chi connectivity index (χ1) is 31.3. The van der Waals surface area contributed by atoms with Gasteiger partial charge in [-0.1, -0.05) is 188 Å². The number of hydrogen-bond acceptors (Lipinski definition) is 5. The van der Waals surface area contributed by atoms with E-state index >= 15 is 0 Å². The van der Waals surface area contributed by atoms with E-state index in [-0.39, 0.29) is 5.04 Å². The Bertz CT molecular complexity index is 2500. The highest BCUT2D eigenvalue weighted by Gasteiger charge is 2.50. The minimum Gasteiger partial charge on any atom is -0.404 e. The number of sulfone groups is 2. The average molecular weight is 945 g/mol. The highest BCUT2D eigenvalue weighted by Crippen LogP contribution is 2.37. The molecule has 0 aromatic heterocycles. The molecule has 354 valence electrons. The molecule has 0 saturated heterocycles. The quantitative estimate of drug-likeness (QED) is 0.0517. The maximum absolute atomic E-state index is 14.2. The van der Waals surface area contributed by atoms with Gasteiger partial charge in [-0.05, 0) is 140 Å². The van der Waals surface area contributed by atoms with Gasteiger partial charge < -0.3 is 4.43 Å². The third-order valence-corrected chi connectivity index (χ3v) is 21.3. The normalized spacial score (nSPS) is 14.8. The Kier molecular flexibility index (Phi) is 20.9. The summed E-state index contributed by atoms with van der Waals surface area (Å²) in [5.41, 5.74) is 6.55. The molecule has 2 unspecified atom stereocenters. The minimum absolute atomic E-state index is 0.101. The molecule has 4 aromatic carbocycles. The van der Waals surface area contributed by atoms with Gasteiger partial charge >= 0.3 is 0 Å². The van der Waals surface area contributed by atoms with Crippen molar-refractivity contribution in [2.75, 3.05) is 6.61 Å². The van der Waals surface area contributed by atoms with Crippen LogP contribution in [0.15, 0.2) is 201 Å². The van der Waals surface area contributed by atoms with Gasteiger partial charge in [0.2, 0.25) is 0 Å². The first kappa shape index (κ1) is 54.0. The molecule has 0 spiro atoms. The maximum atomic E-state index is 14.2. The zero-order valence-electron chi connectivity index (χ0n) is 41.4. The smallest absolute Gasteiger partial charge is 0.261 e. The summed E-state index contributed by atoms with van der Waals surface area (Å²) in [6.45, 7) is 21.7. The van der Waals surface area contributed by atoms with Crippen LogP contribution in [-0.2, 0) is 24.1 Å². The van der Waals surface area contributed by atoms with Crippen LogP contribution in [0.5, 0.6) is 0 Å². The molecule has 0 bridgehead atoms. The van der Waals surface area contributed by atoms with Gasteiger partial charge in [-0.3, -0.25) is 0 Å². The lowest BCUT2D eigenvalue weighted by Gasteiger charge is -2.42. The first-order valence-electron chi connectivity index (χ1n) is 23.5. The molecule has 4 rings (SSSR count). The van der Waals surface area contributed by atoms with Crippen molar-refractivity contribution in [2.24, 2.45) is 0 Å². The van der Waals surface area contributed by atoms with E-state index in [0.717, 1.165) is 48.0 Å². The Hall–Kier alpha value is -4.60. The van der Waals surface area contributed by atoms with Gasteiger partial charge in [0, 0.05) is 0 Å². The van der Waals surface area contributed by atoms with Gasteiger partial charge in [-0.25, -0.2) is 16.8 Å². The molecule has 0 saturated carbocycles. The number of rotatable bonds is 24. The van der Waals surface area contributed by atoms with Crippen LogP contribution in [0.25, 0.3) is 0 Å². The van der Waals surface area contributed by atoms with Crippen molar-refractivity contribution in [3.63, 3.8) is 0 Å². The second-order valence-corrected chi connectivity index (χ2v) is 27.9. The zero-order chi connectivity index (χ0) is 48.4. The monoisotopic (exact) mass is 944 g/mol. The van der Waals surface area contributed by atoms with E-state index in [0.29, 0.717) is 42.1 Å². The van der Waals surface area contributed by atoms with Gasteiger partial charge in [-0.15, -0.1) is 0 Å². The van der Waals surface area contributed by atoms with Crippen LogP contribution in [0.4, 0.5) is 0 Å². The van der Waals surface area contributed by atoms with E-state index in [9.17, 15) is 16.8 Å². The molecular weight excluding hydrogens is 869 g/mol. The Morgan fingerprint density at radius 3 is 1.20 bits per heavy atom. The Balaban J connectivity index is 1.47. The summed E-state index contributed by atoms with van der Waals surface area (Å²) >= 11 is 0. The lowest BCUT2D eigenvalue weighted by atomic mass is 10.0. The van der Waals surface area contributed by atoms with E-state index < -0.39 is 38.5 Å². The van der Waals surface area contributed by atoms with Gasteiger partial charge in [0.15, 0.2) is 19.7 Å². The Morgan fingerprint density at radius 2 is 0.833 bits per heavy atom. The van der Waals surface area contributed by atoms with Gasteiger partial charge in [0.25, 0.3) is 8.32 Å². The lowest BCUT2D eigenvalue weighted by Crippen LogP contribution is -2.66. The van der Waals surface area contributed by atoms with Crippen molar-refractivity contribution in [2.45, 2.75) is 146 Å². The molecule has 0 radical (unpaired) electrons. The minimum atomic E-state index is -3.67. The van der Waals surface area contributed by atoms with Gasteiger partial charge in [0.05, 0.1) is 26.9 Å². The predicted molar refractivity (Wildman–Crippen MR) is 284 cm³/mol. The van der Waals surface area contributed by atoms with Crippen molar-refractivity contribution in [3.05, 3.63) is 191 Å². The SMILES string of the molecule is CC(C)=CCC/C(C)=C\C(C/C(C)=C\CC/C(C)=C\C(C/C(C)=C\CC/C(C)=C\CO[Si](c1ccccc1)(c1ccccc1)C(C)(C)C)S(=O)(=O)c1ccccc1)S(=O)(=O)c1ccccc1. The summed E-state index contributed by atoms with van der Waals surface area (Å²) in [6.07, 6.45) is 18.0. The van der Waals surface area contributed by atoms with Crippen molar-refractivity contribution in [3.8, 4) is 0 Å². The molecule has 66 heavy (non-hydrogen) atoms. The number of benzene rings is 4. The molecule has 0 N–H and O–H groups in total. The Labute approximate surface area is 401 Å². The standard InChI is InChI=1S/C58H76O5S2Si/c1-46(2)26-23-28-48(4)42-54(64(59,60)52-32-15-11-16-33-52)44-50(6)30-25-31-51(7)45-55(65(61,62)53-34-17-12-18-35-53)43-49(5)29-24-27-47(3)40-41-63-66(58(8,9)10,56-36-19-13-20-37-56)57-38-21-14-22-39-57/h11-22,26,29-30,32-40,42,45,54-55H,23-25,27-28,31,41,43-44H2,1-10H3/b47-40-,48-42-,49-29-,50-30-,51-45-. The fraction of sp³-hybridized carbons (Fsp3) is 0.379. The molecular formula is C58H76O5S2Si. The van der Waals surface area contributed by atoms with E-state index in [2.05, 4.69) is 127 Å². The van der Waals surface area contributed by atoms with Crippen LogP contribution < -0.4 is 10.4 Å².